The largest absolute Gasteiger partial charge is 0.365 e. The second kappa shape index (κ2) is 7.73. The summed E-state index contributed by atoms with van der Waals surface area (Å²) in [5, 5.41) is 8.47. The monoisotopic (exact) mass is 381 g/mol. The van der Waals surface area contributed by atoms with Crippen LogP contribution in [0.5, 0.6) is 0 Å². The Kier molecular flexibility index (Phi) is 5.00. The fourth-order valence-electron chi connectivity index (χ4n) is 2.58. The minimum Gasteiger partial charge on any atom is -0.365 e. The van der Waals surface area contributed by atoms with Crippen LogP contribution < -0.4 is 0 Å². The van der Waals surface area contributed by atoms with Crippen LogP contribution in [0.1, 0.15) is 17.1 Å². The molecule has 4 rings (SSSR count). The number of halogens is 1. The fourth-order valence-corrected chi connectivity index (χ4v) is 2.79. The van der Waals surface area contributed by atoms with Crippen molar-refractivity contribution in [3.63, 3.8) is 0 Å². The average Bonchev–Trinajstić information content (AvgIpc) is 3.33. The van der Waals surface area contributed by atoms with Gasteiger partial charge in [0.05, 0.1) is 0 Å². The highest BCUT2D eigenvalue weighted by molar-refractivity contribution is 6.32. The lowest BCUT2D eigenvalue weighted by molar-refractivity contribution is 0.0727. The van der Waals surface area contributed by atoms with E-state index in [-0.39, 0.29) is 13.2 Å². The first-order valence-corrected chi connectivity index (χ1v) is 8.74. The van der Waals surface area contributed by atoms with Gasteiger partial charge in [0.25, 0.3) is 0 Å². The molecule has 0 aliphatic carbocycles. The fraction of sp³-hybridized carbons (Fsp3) is 0.150. The topological polar surface area (TPSA) is 74.2 Å². The highest BCUT2D eigenvalue weighted by Crippen LogP contribution is 2.25. The number of pyridine rings is 1. The Morgan fingerprint density at radius 3 is 2.30 bits per heavy atom. The third-order valence-corrected chi connectivity index (χ3v) is 4.29. The van der Waals surface area contributed by atoms with Gasteiger partial charge in [0.1, 0.15) is 29.8 Å². The summed E-state index contributed by atoms with van der Waals surface area (Å²) in [6, 6.07) is 15.4. The first kappa shape index (κ1) is 17.5. The molecule has 7 heteroatoms. The van der Waals surface area contributed by atoms with E-state index in [1.165, 1.54) is 5.56 Å². The molecule has 3 aromatic heterocycles. The van der Waals surface area contributed by atoms with Crippen LogP contribution in [-0.4, -0.2) is 15.3 Å². The molecule has 0 bridgehead atoms. The van der Waals surface area contributed by atoms with Crippen LogP contribution in [-0.2, 0) is 18.0 Å². The van der Waals surface area contributed by atoms with Gasteiger partial charge in [0.15, 0.2) is 11.5 Å². The molecule has 1 aromatic carbocycles. The molecule has 0 aliphatic rings. The molecule has 0 fully saturated rings. The van der Waals surface area contributed by atoms with E-state index in [9.17, 15) is 0 Å². The summed E-state index contributed by atoms with van der Waals surface area (Å²) < 4.78 is 16.3. The maximum Gasteiger partial charge on any atom is 0.163 e. The zero-order valence-electron chi connectivity index (χ0n) is 14.6. The van der Waals surface area contributed by atoms with E-state index < -0.39 is 0 Å². The summed E-state index contributed by atoms with van der Waals surface area (Å²) in [4.78, 5) is 4.03. The maximum atomic E-state index is 6.07. The zero-order chi connectivity index (χ0) is 18.6. The molecule has 136 valence electrons. The number of hydrogen-bond acceptors (Lipinski definition) is 6. The van der Waals surface area contributed by atoms with Gasteiger partial charge in [0.2, 0.25) is 0 Å². The Labute approximate surface area is 160 Å². The standard InChI is InChI=1S/C20H16ClN3O3/c1-13-4-6-14(7-5-13)18-9-15(26-23-18)11-25-12-16-10-19(24-27-16)17-3-2-8-22-20(17)21/h2-10H,11-12H2,1H3. The Bertz CT molecular complexity index is 1040. The molecule has 0 unspecified atom stereocenters. The molecule has 0 amide bonds. The Morgan fingerprint density at radius 2 is 1.59 bits per heavy atom. The van der Waals surface area contributed by atoms with Crippen LogP contribution in [0, 0.1) is 6.92 Å². The van der Waals surface area contributed by atoms with E-state index in [0.717, 1.165) is 11.3 Å². The lowest BCUT2D eigenvalue weighted by Gasteiger charge is -1.97. The van der Waals surface area contributed by atoms with Crippen molar-refractivity contribution in [3.05, 3.63) is 77.0 Å². The molecule has 3 heterocycles. The van der Waals surface area contributed by atoms with E-state index in [0.29, 0.717) is 27.9 Å². The number of ether oxygens (including phenoxy) is 1. The van der Waals surface area contributed by atoms with Crippen molar-refractivity contribution >= 4 is 11.6 Å². The van der Waals surface area contributed by atoms with Crippen molar-refractivity contribution < 1.29 is 13.8 Å². The van der Waals surface area contributed by atoms with Crippen molar-refractivity contribution in [2.24, 2.45) is 0 Å². The molecular formula is C20H16ClN3O3. The predicted octanol–water partition coefficient (Wildman–Crippen LogP) is 5.07. The van der Waals surface area contributed by atoms with Gasteiger partial charge in [-0.25, -0.2) is 4.98 Å². The molecule has 0 radical (unpaired) electrons. The van der Waals surface area contributed by atoms with Gasteiger partial charge in [-0.1, -0.05) is 51.7 Å². The second-order valence-corrected chi connectivity index (χ2v) is 6.42. The van der Waals surface area contributed by atoms with Crippen LogP contribution >= 0.6 is 11.6 Å². The first-order valence-electron chi connectivity index (χ1n) is 8.36. The van der Waals surface area contributed by atoms with Gasteiger partial charge in [-0.3, -0.25) is 0 Å². The highest BCUT2D eigenvalue weighted by Gasteiger charge is 2.11. The van der Waals surface area contributed by atoms with E-state index in [1.807, 2.05) is 43.3 Å². The van der Waals surface area contributed by atoms with Gasteiger partial charge in [0, 0.05) is 29.5 Å². The summed E-state index contributed by atoms with van der Waals surface area (Å²) in [5.74, 6) is 1.23. The highest BCUT2D eigenvalue weighted by atomic mass is 35.5. The minimum absolute atomic E-state index is 0.255. The predicted molar refractivity (Wildman–Crippen MR) is 99.9 cm³/mol. The summed E-state index contributed by atoms with van der Waals surface area (Å²) in [6.45, 7) is 2.58. The third kappa shape index (κ3) is 4.07. The van der Waals surface area contributed by atoms with Crippen LogP contribution in [0.2, 0.25) is 5.15 Å². The van der Waals surface area contributed by atoms with E-state index in [1.54, 1.807) is 18.3 Å². The number of hydrogen-bond donors (Lipinski definition) is 0. The lowest BCUT2D eigenvalue weighted by Crippen LogP contribution is -1.91. The summed E-state index contributed by atoms with van der Waals surface area (Å²) >= 11 is 6.07. The van der Waals surface area contributed by atoms with Crippen LogP contribution in [0.15, 0.2) is 63.8 Å². The number of nitrogens with zero attached hydrogens (tertiary/aromatic N) is 3. The van der Waals surface area contributed by atoms with Gasteiger partial charge in [-0.2, -0.15) is 0 Å². The lowest BCUT2D eigenvalue weighted by atomic mass is 10.1. The minimum atomic E-state index is 0.255. The van der Waals surface area contributed by atoms with Gasteiger partial charge in [-0.15, -0.1) is 0 Å². The molecular weight excluding hydrogens is 366 g/mol. The van der Waals surface area contributed by atoms with Crippen molar-refractivity contribution in [1.82, 2.24) is 15.3 Å². The SMILES string of the molecule is Cc1ccc(-c2cc(COCc3cc(-c4cccnc4Cl)no3)on2)cc1. The number of aryl methyl sites for hydroxylation is 1. The number of benzene rings is 1. The number of aromatic nitrogens is 3. The second-order valence-electron chi connectivity index (χ2n) is 6.06. The van der Waals surface area contributed by atoms with Crippen molar-refractivity contribution in [3.8, 4) is 22.5 Å². The molecule has 0 atom stereocenters. The average molecular weight is 382 g/mol. The normalized spacial score (nSPS) is 11.0. The van der Waals surface area contributed by atoms with Gasteiger partial charge >= 0.3 is 0 Å². The first-order chi connectivity index (χ1) is 13.2. The van der Waals surface area contributed by atoms with Gasteiger partial charge in [-0.05, 0) is 19.1 Å². The van der Waals surface area contributed by atoms with E-state index >= 15 is 0 Å². The third-order valence-electron chi connectivity index (χ3n) is 3.99. The van der Waals surface area contributed by atoms with Gasteiger partial charge < -0.3 is 13.8 Å². The summed E-state index contributed by atoms with van der Waals surface area (Å²) in [7, 11) is 0. The van der Waals surface area contributed by atoms with E-state index in [2.05, 4.69) is 15.3 Å². The zero-order valence-corrected chi connectivity index (χ0v) is 15.3. The summed E-state index contributed by atoms with van der Waals surface area (Å²) in [6.07, 6.45) is 1.62. The molecule has 0 spiro atoms. The summed E-state index contributed by atoms with van der Waals surface area (Å²) in [5.41, 5.74) is 4.32. The molecule has 0 saturated heterocycles. The van der Waals surface area contributed by atoms with Crippen LogP contribution in [0.25, 0.3) is 22.5 Å². The molecule has 27 heavy (non-hydrogen) atoms. The van der Waals surface area contributed by atoms with Crippen molar-refractivity contribution in [1.29, 1.82) is 0 Å². The molecule has 0 aliphatic heterocycles. The van der Waals surface area contributed by atoms with Crippen LogP contribution in [0.3, 0.4) is 0 Å². The maximum absolute atomic E-state index is 6.07. The molecule has 4 aromatic rings. The number of rotatable bonds is 6. The smallest absolute Gasteiger partial charge is 0.163 e. The van der Waals surface area contributed by atoms with Crippen molar-refractivity contribution in [2.75, 3.05) is 0 Å². The Balaban J connectivity index is 1.35. The van der Waals surface area contributed by atoms with E-state index in [4.69, 9.17) is 25.4 Å². The van der Waals surface area contributed by atoms with Crippen LogP contribution in [0.4, 0.5) is 0 Å². The van der Waals surface area contributed by atoms with Crippen molar-refractivity contribution in [2.45, 2.75) is 20.1 Å². The quantitative estimate of drug-likeness (QED) is 0.434. The molecule has 0 N–H and O–H groups in total. The molecule has 0 saturated carbocycles. The Morgan fingerprint density at radius 1 is 0.926 bits per heavy atom. The molecule has 6 nitrogen and oxygen atoms in total. The Hall–Kier alpha value is -2.96.